The van der Waals surface area contributed by atoms with Crippen LogP contribution in [0.15, 0.2) is 52.2 Å². The van der Waals surface area contributed by atoms with Crippen LogP contribution in [0.4, 0.5) is 5.69 Å². The van der Waals surface area contributed by atoms with E-state index >= 15 is 0 Å². The van der Waals surface area contributed by atoms with E-state index in [1.165, 1.54) is 22.9 Å². The Balaban J connectivity index is 1.63. The fourth-order valence-corrected chi connectivity index (χ4v) is 4.54. The number of amides is 1. The van der Waals surface area contributed by atoms with Crippen LogP contribution < -0.4 is 5.32 Å². The minimum Gasteiger partial charge on any atom is -0.325 e. The zero-order valence-corrected chi connectivity index (χ0v) is 17.7. The van der Waals surface area contributed by atoms with Crippen molar-refractivity contribution in [1.29, 1.82) is 0 Å². The van der Waals surface area contributed by atoms with Crippen LogP contribution in [0.2, 0.25) is 5.02 Å². The third kappa shape index (κ3) is 5.12. The molecule has 0 aliphatic carbocycles. The van der Waals surface area contributed by atoms with E-state index in [0.717, 1.165) is 34.1 Å². The summed E-state index contributed by atoms with van der Waals surface area (Å²) in [6.45, 7) is 4.21. The maximum Gasteiger partial charge on any atom is 0.234 e. The van der Waals surface area contributed by atoms with Gasteiger partial charge >= 0.3 is 0 Å². The lowest BCUT2D eigenvalue weighted by atomic mass is 10.0. The van der Waals surface area contributed by atoms with Crippen molar-refractivity contribution in [3.8, 4) is 11.3 Å². The van der Waals surface area contributed by atoms with Gasteiger partial charge in [-0.15, -0.1) is 11.3 Å². The molecule has 0 unspecified atom stereocenters. The molecule has 1 heterocycles. The van der Waals surface area contributed by atoms with Gasteiger partial charge in [0.15, 0.2) is 4.34 Å². The molecule has 3 aromatic rings. The molecule has 140 valence electrons. The summed E-state index contributed by atoms with van der Waals surface area (Å²) in [5, 5.41) is 5.81. The molecule has 0 aliphatic rings. The monoisotopic (exact) mass is 416 g/mol. The molecular formula is C21H21ClN2OS2. The van der Waals surface area contributed by atoms with E-state index in [0.29, 0.717) is 10.8 Å². The van der Waals surface area contributed by atoms with Crippen LogP contribution in [0, 0.1) is 0 Å². The number of thioether (sulfide) groups is 1. The average molecular weight is 417 g/mol. The van der Waals surface area contributed by atoms with Crippen molar-refractivity contribution in [3.63, 3.8) is 0 Å². The van der Waals surface area contributed by atoms with Gasteiger partial charge in [-0.2, -0.15) is 0 Å². The Morgan fingerprint density at radius 1 is 1.11 bits per heavy atom. The Bertz CT molecular complexity index is 900. The summed E-state index contributed by atoms with van der Waals surface area (Å²) >= 11 is 8.95. The van der Waals surface area contributed by atoms with Crippen LogP contribution in [0.5, 0.6) is 0 Å². The topological polar surface area (TPSA) is 42.0 Å². The first-order valence-corrected chi connectivity index (χ1v) is 11.1. The lowest BCUT2D eigenvalue weighted by molar-refractivity contribution is -0.113. The molecule has 0 aliphatic heterocycles. The Hall–Kier alpha value is -1.82. The van der Waals surface area contributed by atoms with Crippen molar-refractivity contribution in [2.24, 2.45) is 0 Å². The molecule has 3 rings (SSSR count). The average Bonchev–Trinajstić information content (AvgIpc) is 3.16. The van der Waals surface area contributed by atoms with Gasteiger partial charge in [-0.1, -0.05) is 67.5 Å². The first kappa shape index (κ1) is 19.9. The molecule has 0 fully saturated rings. The van der Waals surface area contributed by atoms with Gasteiger partial charge in [0.1, 0.15) is 0 Å². The van der Waals surface area contributed by atoms with Gasteiger partial charge < -0.3 is 5.32 Å². The highest BCUT2D eigenvalue weighted by molar-refractivity contribution is 8.01. The number of carbonyl (C=O) groups excluding carboxylic acids is 1. The normalized spacial score (nSPS) is 10.8. The number of aryl methyl sites for hydroxylation is 2. The van der Waals surface area contributed by atoms with E-state index in [-0.39, 0.29) is 5.91 Å². The Kier molecular flexibility index (Phi) is 6.94. The number of carbonyl (C=O) groups is 1. The molecule has 0 bridgehead atoms. The Labute approximate surface area is 173 Å². The van der Waals surface area contributed by atoms with E-state index in [9.17, 15) is 4.79 Å². The lowest BCUT2D eigenvalue weighted by Crippen LogP contribution is -2.16. The number of aromatic nitrogens is 1. The molecule has 6 heteroatoms. The molecule has 0 saturated carbocycles. The summed E-state index contributed by atoms with van der Waals surface area (Å²) < 4.78 is 0.884. The molecule has 0 saturated heterocycles. The van der Waals surface area contributed by atoms with E-state index in [1.807, 2.05) is 29.6 Å². The summed E-state index contributed by atoms with van der Waals surface area (Å²) in [4.78, 5) is 17.1. The molecule has 3 nitrogen and oxygen atoms in total. The number of benzene rings is 2. The maximum absolute atomic E-state index is 12.5. The number of nitrogens with one attached hydrogen (secondary N) is 1. The van der Waals surface area contributed by atoms with Crippen LogP contribution in [-0.4, -0.2) is 16.6 Å². The number of para-hydroxylation sites is 1. The number of rotatable bonds is 7. The number of anilines is 1. The number of thiazole rings is 1. The van der Waals surface area contributed by atoms with Crippen molar-refractivity contribution in [3.05, 3.63) is 64.0 Å². The molecule has 2 aromatic carbocycles. The second-order valence-electron chi connectivity index (χ2n) is 6.00. The zero-order chi connectivity index (χ0) is 19.2. The van der Waals surface area contributed by atoms with Crippen LogP contribution in [0.25, 0.3) is 11.3 Å². The molecule has 27 heavy (non-hydrogen) atoms. The smallest absolute Gasteiger partial charge is 0.234 e. The summed E-state index contributed by atoms with van der Waals surface area (Å²) in [5.41, 5.74) is 5.24. The summed E-state index contributed by atoms with van der Waals surface area (Å²) in [6, 6.07) is 13.8. The minimum absolute atomic E-state index is 0.00107. The lowest BCUT2D eigenvalue weighted by Gasteiger charge is -2.14. The first-order valence-electron chi connectivity index (χ1n) is 8.85. The number of hydrogen-bond donors (Lipinski definition) is 1. The van der Waals surface area contributed by atoms with Crippen molar-refractivity contribution in [2.75, 3.05) is 11.1 Å². The summed E-state index contributed by atoms with van der Waals surface area (Å²) in [7, 11) is 0. The van der Waals surface area contributed by atoms with Crippen LogP contribution in [0.3, 0.4) is 0 Å². The van der Waals surface area contributed by atoms with E-state index in [2.05, 4.69) is 42.3 Å². The van der Waals surface area contributed by atoms with Crippen molar-refractivity contribution < 1.29 is 4.79 Å². The predicted octanol–water partition coefficient (Wildman–Crippen LogP) is 6.32. The van der Waals surface area contributed by atoms with E-state index in [1.54, 1.807) is 11.3 Å². The van der Waals surface area contributed by atoms with Gasteiger partial charge in [0.2, 0.25) is 5.91 Å². The number of nitrogens with zero attached hydrogens (tertiary/aromatic N) is 1. The fraction of sp³-hybridized carbons (Fsp3) is 0.238. The van der Waals surface area contributed by atoms with Crippen LogP contribution in [-0.2, 0) is 17.6 Å². The molecule has 0 spiro atoms. The second-order valence-corrected chi connectivity index (χ2v) is 8.52. The van der Waals surface area contributed by atoms with Gasteiger partial charge in [0.25, 0.3) is 0 Å². The number of hydrogen-bond acceptors (Lipinski definition) is 4. The Morgan fingerprint density at radius 2 is 1.78 bits per heavy atom. The summed E-state index contributed by atoms with van der Waals surface area (Å²) in [5.74, 6) is 0.341. The van der Waals surface area contributed by atoms with Crippen molar-refractivity contribution >= 4 is 46.3 Å². The highest BCUT2D eigenvalue weighted by atomic mass is 35.5. The molecular weight excluding hydrogens is 396 g/mol. The maximum atomic E-state index is 12.5. The largest absolute Gasteiger partial charge is 0.325 e. The quantitative estimate of drug-likeness (QED) is 0.458. The molecule has 0 radical (unpaired) electrons. The van der Waals surface area contributed by atoms with Crippen molar-refractivity contribution in [1.82, 2.24) is 4.98 Å². The van der Waals surface area contributed by atoms with E-state index in [4.69, 9.17) is 11.6 Å². The van der Waals surface area contributed by atoms with Gasteiger partial charge in [-0.25, -0.2) is 4.98 Å². The SMILES string of the molecule is CCc1cccc(CC)c1NC(=O)CSc1nc(-c2ccc(Cl)cc2)cs1. The van der Waals surface area contributed by atoms with E-state index < -0.39 is 0 Å². The third-order valence-corrected chi connectivity index (χ3v) is 6.49. The molecule has 1 aromatic heterocycles. The van der Waals surface area contributed by atoms with Crippen molar-refractivity contribution in [2.45, 2.75) is 31.0 Å². The molecule has 0 atom stereocenters. The fourth-order valence-electron chi connectivity index (χ4n) is 2.78. The highest BCUT2D eigenvalue weighted by Crippen LogP contribution is 2.29. The third-order valence-electron chi connectivity index (χ3n) is 4.21. The molecule has 1 N–H and O–H groups in total. The summed E-state index contributed by atoms with van der Waals surface area (Å²) in [6.07, 6.45) is 1.79. The number of halogens is 1. The Morgan fingerprint density at radius 3 is 2.41 bits per heavy atom. The molecule has 1 amide bonds. The van der Waals surface area contributed by atoms with Gasteiger partial charge in [0, 0.05) is 21.7 Å². The van der Waals surface area contributed by atoms with Crippen LogP contribution >= 0.6 is 34.7 Å². The first-order chi connectivity index (χ1) is 13.1. The zero-order valence-electron chi connectivity index (χ0n) is 15.3. The van der Waals surface area contributed by atoms with Gasteiger partial charge in [-0.3, -0.25) is 4.79 Å². The predicted molar refractivity (Wildman–Crippen MR) is 117 cm³/mol. The van der Waals surface area contributed by atoms with Crippen LogP contribution in [0.1, 0.15) is 25.0 Å². The minimum atomic E-state index is -0.00107. The van der Waals surface area contributed by atoms with Gasteiger partial charge in [0.05, 0.1) is 11.4 Å². The second kappa shape index (κ2) is 9.40. The standard InChI is InChI=1S/C21H21ClN2OS2/c1-3-14-6-5-7-15(4-2)20(14)24-19(25)13-27-21-23-18(12-26-21)16-8-10-17(22)11-9-16/h5-12H,3-4,13H2,1-2H3,(H,24,25). The van der Waals surface area contributed by atoms with Gasteiger partial charge in [-0.05, 0) is 36.1 Å². The highest BCUT2D eigenvalue weighted by Gasteiger charge is 2.12.